The van der Waals surface area contributed by atoms with Crippen LogP contribution in [0.2, 0.25) is 0 Å². The summed E-state index contributed by atoms with van der Waals surface area (Å²) in [6.45, 7) is 12.1. The molecule has 158 valence electrons. The van der Waals surface area contributed by atoms with E-state index in [2.05, 4.69) is 53.2 Å². The fourth-order valence-electron chi connectivity index (χ4n) is 3.63. The summed E-state index contributed by atoms with van der Waals surface area (Å²) in [5, 5.41) is 3.43. The second-order valence-corrected chi connectivity index (χ2v) is 7.26. The van der Waals surface area contributed by atoms with E-state index >= 15 is 0 Å². The minimum absolute atomic E-state index is 0. The molecule has 0 bridgehead atoms. The third-order valence-electron chi connectivity index (χ3n) is 5.11. The molecule has 0 aromatic heterocycles. The first-order chi connectivity index (χ1) is 13.3. The molecule has 0 radical (unpaired) electrons. The van der Waals surface area contributed by atoms with Crippen LogP contribution in [0.25, 0.3) is 0 Å². The van der Waals surface area contributed by atoms with Crippen LogP contribution in [0.3, 0.4) is 0 Å². The Morgan fingerprint density at radius 1 is 1.29 bits per heavy atom. The fourth-order valence-corrected chi connectivity index (χ4v) is 3.63. The van der Waals surface area contributed by atoms with Crippen molar-refractivity contribution in [1.29, 1.82) is 0 Å². The number of nitrogens with one attached hydrogen (secondary N) is 1. The maximum absolute atomic E-state index is 5.73. The molecule has 2 saturated heterocycles. The zero-order valence-electron chi connectivity index (χ0n) is 17.2. The minimum atomic E-state index is 0. The lowest BCUT2D eigenvalue weighted by atomic mass is 10.2. The molecule has 1 aromatic rings. The third kappa shape index (κ3) is 7.08. The average Bonchev–Trinajstić information content (AvgIpc) is 3.21. The van der Waals surface area contributed by atoms with Gasteiger partial charge in [-0.2, -0.15) is 0 Å². The van der Waals surface area contributed by atoms with Gasteiger partial charge in [0.1, 0.15) is 0 Å². The average molecular weight is 502 g/mol. The van der Waals surface area contributed by atoms with Crippen LogP contribution in [0.5, 0.6) is 0 Å². The normalized spacial score (nSPS) is 20.2. The van der Waals surface area contributed by atoms with Crippen LogP contribution in [-0.4, -0.2) is 76.1 Å². The van der Waals surface area contributed by atoms with Crippen molar-refractivity contribution >= 4 is 35.6 Å². The Balaban J connectivity index is 0.00000280. The van der Waals surface area contributed by atoms with E-state index in [0.29, 0.717) is 19.8 Å². The van der Waals surface area contributed by atoms with E-state index in [1.54, 1.807) is 0 Å². The van der Waals surface area contributed by atoms with E-state index in [9.17, 15) is 0 Å². The zero-order valence-corrected chi connectivity index (χ0v) is 19.6. The summed E-state index contributed by atoms with van der Waals surface area (Å²) in [6, 6.07) is 8.75. The molecule has 2 heterocycles. The minimum Gasteiger partial charge on any atom is -0.377 e. The van der Waals surface area contributed by atoms with Crippen molar-refractivity contribution < 1.29 is 9.47 Å². The van der Waals surface area contributed by atoms with Crippen molar-refractivity contribution in [1.82, 2.24) is 10.2 Å². The van der Waals surface area contributed by atoms with E-state index < -0.39 is 0 Å². The molecule has 2 fully saturated rings. The quantitative estimate of drug-likeness (QED) is 0.269. The highest BCUT2D eigenvalue weighted by Crippen LogP contribution is 2.18. The largest absolute Gasteiger partial charge is 0.377 e. The molecular weight excluding hydrogens is 467 g/mol. The summed E-state index contributed by atoms with van der Waals surface area (Å²) in [5.74, 6) is 1.00. The van der Waals surface area contributed by atoms with Crippen LogP contribution in [-0.2, 0) is 9.47 Å². The highest BCUT2D eigenvalue weighted by molar-refractivity contribution is 14.0. The van der Waals surface area contributed by atoms with Gasteiger partial charge in [-0.3, -0.25) is 4.99 Å². The van der Waals surface area contributed by atoms with Crippen LogP contribution < -0.4 is 10.2 Å². The first-order valence-electron chi connectivity index (χ1n) is 10.3. The molecule has 1 N–H and O–H groups in total. The van der Waals surface area contributed by atoms with Crippen molar-refractivity contribution in [2.45, 2.75) is 32.8 Å². The van der Waals surface area contributed by atoms with Gasteiger partial charge >= 0.3 is 0 Å². The molecule has 0 spiro atoms. The fraction of sp³-hybridized carbons (Fsp3) is 0.667. The predicted octanol–water partition coefficient (Wildman–Crippen LogP) is 2.90. The van der Waals surface area contributed by atoms with E-state index in [-0.39, 0.29) is 30.1 Å². The van der Waals surface area contributed by atoms with Gasteiger partial charge < -0.3 is 24.6 Å². The van der Waals surface area contributed by atoms with Gasteiger partial charge in [-0.25, -0.2) is 0 Å². The number of guanidine groups is 1. The smallest absolute Gasteiger partial charge is 0.194 e. The summed E-state index contributed by atoms with van der Waals surface area (Å²) in [6.07, 6.45) is 2.57. The Morgan fingerprint density at radius 3 is 2.79 bits per heavy atom. The number of nitrogens with zero attached hydrogens (tertiary/aromatic N) is 3. The topological polar surface area (TPSA) is 49.3 Å². The first kappa shape index (κ1) is 23.2. The van der Waals surface area contributed by atoms with E-state index in [0.717, 1.165) is 58.1 Å². The maximum atomic E-state index is 5.73. The number of rotatable bonds is 7. The van der Waals surface area contributed by atoms with Crippen LogP contribution in [0, 0.1) is 6.92 Å². The van der Waals surface area contributed by atoms with Gasteiger partial charge in [0.25, 0.3) is 0 Å². The molecule has 6 nitrogen and oxygen atoms in total. The van der Waals surface area contributed by atoms with Crippen molar-refractivity contribution in [3.8, 4) is 0 Å². The number of aryl methyl sites for hydroxylation is 1. The summed E-state index contributed by atoms with van der Waals surface area (Å²) >= 11 is 0. The van der Waals surface area contributed by atoms with E-state index in [1.807, 2.05) is 0 Å². The van der Waals surface area contributed by atoms with Crippen molar-refractivity contribution in [3.63, 3.8) is 0 Å². The maximum Gasteiger partial charge on any atom is 0.194 e. The second-order valence-electron chi connectivity index (χ2n) is 7.26. The number of anilines is 1. The second kappa shape index (κ2) is 12.5. The van der Waals surface area contributed by atoms with Gasteiger partial charge in [0, 0.05) is 45.0 Å². The lowest BCUT2D eigenvalue weighted by Crippen LogP contribution is -2.52. The van der Waals surface area contributed by atoms with Gasteiger partial charge in [-0.1, -0.05) is 12.1 Å². The SMILES string of the molecule is CCNC(=NCCOCC1CCCO1)N1CCN(c2cccc(C)c2)CC1.I. The van der Waals surface area contributed by atoms with E-state index in [4.69, 9.17) is 14.5 Å². The van der Waals surface area contributed by atoms with Gasteiger partial charge in [-0.05, 0) is 44.4 Å². The first-order valence-corrected chi connectivity index (χ1v) is 10.3. The highest BCUT2D eigenvalue weighted by atomic mass is 127. The summed E-state index contributed by atoms with van der Waals surface area (Å²) in [5.41, 5.74) is 2.63. The Kier molecular flexibility index (Phi) is 10.4. The van der Waals surface area contributed by atoms with Gasteiger partial charge in [0.05, 0.1) is 25.9 Å². The van der Waals surface area contributed by atoms with Gasteiger partial charge in [0.2, 0.25) is 0 Å². The molecule has 2 aliphatic heterocycles. The standard InChI is InChI=1S/C21H34N4O2.HI/c1-3-22-21(23-9-15-26-17-20-8-5-14-27-20)25-12-10-24(11-13-25)19-7-4-6-18(2)16-19;/h4,6-7,16,20H,3,5,8-15,17H2,1-2H3,(H,22,23);1H. The Labute approximate surface area is 186 Å². The van der Waals surface area contributed by atoms with Gasteiger partial charge in [0.15, 0.2) is 5.96 Å². The third-order valence-corrected chi connectivity index (χ3v) is 5.11. The number of piperazine rings is 1. The van der Waals surface area contributed by atoms with Gasteiger partial charge in [-0.15, -0.1) is 24.0 Å². The molecular formula is C21H35IN4O2. The monoisotopic (exact) mass is 502 g/mol. The Morgan fingerprint density at radius 2 is 2.11 bits per heavy atom. The molecule has 0 aliphatic carbocycles. The molecule has 7 heteroatoms. The number of halogens is 1. The molecule has 1 aromatic carbocycles. The van der Waals surface area contributed by atoms with Crippen LogP contribution >= 0.6 is 24.0 Å². The van der Waals surface area contributed by atoms with Crippen LogP contribution in [0.4, 0.5) is 5.69 Å². The highest BCUT2D eigenvalue weighted by Gasteiger charge is 2.20. The number of aliphatic imine (C=N–C) groups is 1. The Bertz CT molecular complexity index is 600. The van der Waals surface area contributed by atoms with Crippen molar-refractivity contribution in [3.05, 3.63) is 29.8 Å². The summed E-state index contributed by atoms with van der Waals surface area (Å²) in [4.78, 5) is 9.57. The summed E-state index contributed by atoms with van der Waals surface area (Å²) in [7, 11) is 0. The number of benzene rings is 1. The number of hydrogen-bond donors (Lipinski definition) is 1. The lowest BCUT2D eigenvalue weighted by molar-refractivity contribution is 0.0199. The molecule has 1 unspecified atom stereocenters. The zero-order chi connectivity index (χ0) is 18.9. The molecule has 0 saturated carbocycles. The van der Waals surface area contributed by atoms with Crippen molar-refractivity contribution in [2.75, 3.05) is 64.0 Å². The molecule has 28 heavy (non-hydrogen) atoms. The molecule has 3 rings (SSSR count). The molecule has 0 amide bonds. The van der Waals surface area contributed by atoms with Crippen LogP contribution in [0.15, 0.2) is 29.3 Å². The molecule has 2 aliphatic rings. The number of hydrogen-bond acceptors (Lipinski definition) is 4. The van der Waals surface area contributed by atoms with Crippen LogP contribution in [0.1, 0.15) is 25.3 Å². The van der Waals surface area contributed by atoms with Crippen molar-refractivity contribution in [2.24, 2.45) is 4.99 Å². The number of ether oxygens (including phenoxy) is 2. The molecule has 1 atom stereocenters. The predicted molar refractivity (Wildman–Crippen MR) is 126 cm³/mol. The lowest BCUT2D eigenvalue weighted by Gasteiger charge is -2.37. The summed E-state index contributed by atoms with van der Waals surface area (Å²) < 4.78 is 11.3. The van der Waals surface area contributed by atoms with E-state index in [1.165, 1.54) is 11.3 Å². The Hall–Kier alpha value is -1.06.